The third kappa shape index (κ3) is 3.53. The number of hydrogen-bond acceptors (Lipinski definition) is 4. The number of nitriles is 1. The molecule has 0 aliphatic carbocycles. The zero-order valence-electron chi connectivity index (χ0n) is 11.6. The van der Waals surface area contributed by atoms with E-state index >= 15 is 0 Å². The van der Waals surface area contributed by atoms with Gasteiger partial charge in [0.05, 0.1) is 5.56 Å². The Labute approximate surface area is 128 Å². The van der Waals surface area contributed by atoms with E-state index < -0.39 is 21.5 Å². The maximum absolute atomic E-state index is 12.4. The lowest BCUT2D eigenvalue weighted by molar-refractivity contribution is -0.144. The number of carboxylic acid groups (broad SMARTS) is 1. The fourth-order valence-corrected chi connectivity index (χ4v) is 3.79. The monoisotopic (exact) mass is 330 g/mol. The number of halogens is 1. The van der Waals surface area contributed by atoms with Gasteiger partial charge in [0.2, 0.25) is 10.0 Å². The molecule has 0 saturated carbocycles. The first-order chi connectivity index (χ1) is 9.72. The number of sulfonamides is 1. The molecule has 6 nitrogen and oxygen atoms in total. The van der Waals surface area contributed by atoms with E-state index in [1.54, 1.807) is 19.9 Å². The van der Waals surface area contributed by atoms with Crippen molar-refractivity contribution in [2.24, 2.45) is 0 Å². The Morgan fingerprint density at radius 2 is 2.00 bits per heavy atom. The molecule has 0 aromatic heterocycles. The minimum atomic E-state index is -4.19. The zero-order chi connectivity index (χ0) is 16.3. The number of carboxylic acids is 1. The van der Waals surface area contributed by atoms with Gasteiger partial charge in [-0.15, -0.1) is 0 Å². The standard InChI is InChI=1S/C13H15ClN2O4S/c1-3-13(4-2,12(17)18)16-21(19,20)11-7-10(14)6-5-9(11)8-15/h5-7,16H,3-4H2,1-2H3,(H,17,18). The second kappa shape index (κ2) is 6.43. The van der Waals surface area contributed by atoms with E-state index in [-0.39, 0.29) is 28.3 Å². The van der Waals surface area contributed by atoms with Crippen molar-refractivity contribution in [3.05, 3.63) is 28.8 Å². The molecule has 0 amide bonds. The molecule has 114 valence electrons. The van der Waals surface area contributed by atoms with Gasteiger partial charge in [-0.3, -0.25) is 4.79 Å². The highest BCUT2D eigenvalue weighted by atomic mass is 35.5. The zero-order valence-corrected chi connectivity index (χ0v) is 13.1. The third-order valence-corrected chi connectivity index (χ3v) is 5.11. The van der Waals surface area contributed by atoms with Crippen molar-refractivity contribution in [2.45, 2.75) is 37.1 Å². The normalized spacial score (nSPS) is 11.9. The van der Waals surface area contributed by atoms with Gasteiger partial charge in [0.25, 0.3) is 0 Å². The van der Waals surface area contributed by atoms with Crippen LogP contribution in [0.3, 0.4) is 0 Å². The Kier molecular flexibility index (Phi) is 5.34. The number of hydrogen-bond donors (Lipinski definition) is 2. The first-order valence-corrected chi connectivity index (χ1v) is 8.05. The van der Waals surface area contributed by atoms with E-state index in [2.05, 4.69) is 4.72 Å². The highest BCUT2D eigenvalue weighted by Crippen LogP contribution is 2.24. The lowest BCUT2D eigenvalue weighted by Crippen LogP contribution is -2.53. The van der Waals surface area contributed by atoms with Crippen molar-refractivity contribution in [1.29, 1.82) is 5.26 Å². The highest BCUT2D eigenvalue weighted by molar-refractivity contribution is 7.89. The Balaban J connectivity index is 3.40. The second-order valence-electron chi connectivity index (χ2n) is 4.45. The molecule has 1 rings (SSSR count). The van der Waals surface area contributed by atoms with Crippen molar-refractivity contribution >= 4 is 27.6 Å². The summed E-state index contributed by atoms with van der Waals surface area (Å²) in [6.45, 7) is 3.15. The molecule has 0 spiro atoms. The summed E-state index contributed by atoms with van der Waals surface area (Å²) in [5.74, 6) is -1.27. The summed E-state index contributed by atoms with van der Waals surface area (Å²) in [4.78, 5) is 11.1. The number of nitrogens with one attached hydrogen (secondary N) is 1. The van der Waals surface area contributed by atoms with E-state index in [9.17, 15) is 18.3 Å². The summed E-state index contributed by atoms with van der Waals surface area (Å²) in [5.41, 5.74) is -1.72. The number of aliphatic carboxylic acids is 1. The minimum Gasteiger partial charge on any atom is -0.480 e. The molecule has 2 N–H and O–H groups in total. The SMILES string of the molecule is CCC(CC)(NS(=O)(=O)c1cc(Cl)ccc1C#N)C(=O)O. The molecular weight excluding hydrogens is 316 g/mol. The number of rotatable bonds is 6. The smallest absolute Gasteiger partial charge is 0.324 e. The van der Waals surface area contributed by atoms with Gasteiger partial charge >= 0.3 is 5.97 Å². The van der Waals surface area contributed by atoms with Crippen LogP contribution in [0.15, 0.2) is 23.1 Å². The topological polar surface area (TPSA) is 107 Å². The first kappa shape index (κ1) is 17.4. The lowest BCUT2D eigenvalue weighted by Gasteiger charge is -2.27. The van der Waals surface area contributed by atoms with E-state index in [0.717, 1.165) is 6.07 Å². The van der Waals surface area contributed by atoms with Gasteiger partial charge in [-0.25, -0.2) is 8.42 Å². The number of benzene rings is 1. The van der Waals surface area contributed by atoms with Crippen molar-refractivity contribution in [1.82, 2.24) is 4.72 Å². The van der Waals surface area contributed by atoms with Crippen molar-refractivity contribution in [2.75, 3.05) is 0 Å². The second-order valence-corrected chi connectivity index (χ2v) is 6.54. The van der Waals surface area contributed by atoms with Gasteiger partial charge in [-0.2, -0.15) is 9.98 Å². The maximum Gasteiger partial charge on any atom is 0.324 e. The molecule has 0 heterocycles. The molecule has 1 aromatic rings. The molecule has 0 atom stereocenters. The number of nitrogens with zero attached hydrogens (tertiary/aromatic N) is 1. The Hall–Kier alpha value is -1.62. The van der Waals surface area contributed by atoms with Gasteiger partial charge < -0.3 is 5.11 Å². The van der Waals surface area contributed by atoms with Gasteiger partial charge in [-0.1, -0.05) is 25.4 Å². The Morgan fingerprint density at radius 3 is 2.43 bits per heavy atom. The third-order valence-electron chi connectivity index (χ3n) is 3.30. The fourth-order valence-electron chi connectivity index (χ4n) is 1.86. The molecule has 0 saturated heterocycles. The van der Waals surface area contributed by atoms with Crippen LogP contribution in [0.25, 0.3) is 0 Å². The van der Waals surface area contributed by atoms with Gasteiger partial charge in [0.15, 0.2) is 0 Å². The first-order valence-electron chi connectivity index (χ1n) is 6.19. The van der Waals surface area contributed by atoms with Crippen LogP contribution >= 0.6 is 11.6 Å². The number of carbonyl (C=O) groups is 1. The average molecular weight is 331 g/mol. The summed E-state index contributed by atoms with van der Waals surface area (Å²) in [6, 6.07) is 5.55. The molecular formula is C13H15ClN2O4S. The predicted molar refractivity (Wildman–Crippen MR) is 77.4 cm³/mol. The molecule has 0 bridgehead atoms. The molecule has 8 heteroatoms. The molecule has 0 fully saturated rings. The van der Waals surface area contributed by atoms with Crippen LogP contribution in [0.1, 0.15) is 32.3 Å². The van der Waals surface area contributed by atoms with Crippen molar-refractivity contribution < 1.29 is 18.3 Å². The Bertz CT molecular complexity index is 691. The molecule has 0 unspecified atom stereocenters. The molecule has 0 radical (unpaired) electrons. The highest BCUT2D eigenvalue weighted by Gasteiger charge is 2.39. The van der Waals surface area contributed by atoms with Gasteiger partial charge in [-0.05, 0) is 31.0 Å². The van der Waals surface area contributed by atoms with Crippen LogP contribution in [-0.4, -0.2) is 25.0 Å². The van der Waals surface area contributed by atoms with Gasteiger partial charge in [0, 0.05) is 5.02 Å². The predicted octanol–water partition coefficient (Wildman–Crippen LogP) is 2.13. The quantitative estimate of drug-likeness (QED) is 0.830. The van der Waals surface area contributed by atoms with Crippen LogP contribution in [0, 0.1) is 11.3 Å². The fraction of sp³-hybridized carbons (Fsp3) is 0.385. The van der Waals surface area contributed by atoms with Gasteiger partial charge in [0.1, 0.15) is 16.5 Å². The molecule has 0 aliphatic rings. The lowest BCUT2D eigenvalue weighted by atomic mass is 9.95. The van der Waals surface area contributed by atoms with E-state index in [0.29, 0.717) is 0 Å². The minimum absolute atomic E-state index is 0.0700. The summed E-state index contributed by atoms with van der Waals surface area (Å²) >= 11 is 5.76. The Morgan fingerprint density at radius 1 is 1.43 bits per heavy atom. The molecule has 1 aromatic carbocycles. The summed E-state index contributed by atoms with van der Waals surface area (Å²) in [5, 5.41) is 18.4. The van der Waals surface area contributed by atoms with E-state index in [1.807, 2.05) is 0 Å². The van der Waals surface area contributed by atoms with Crippen LogP contribution in [0.2, 0.25) is 5.02 Å². The van der Waals surface area contributed by atoms with Crippen LogP contribution in [-0.2, 0) is 14.8 Å². The molecule has 21 heavy (non-hydrogen) atoms. The van der Waals surface area contributed by atoms with Crippen LogP contribution in [0.4, 0.5) is 0 Å². The van der Waals surface area contributed by atoms with Crippen LogP contribution < -0.4 is 4.72 Å². The average Bonchev–Trinajstić information content (AvgIpc) is 2.44. The maximum atomic E-state index is 12.4. The largest absolute Gasteiger partial charge is 0.480 e. The summed E-state index contributed by atoms with van der Waals surface area (Å²) in [6.07, 6.45) is 0.140. The molecule has 0 aliphatic heterocycles. The summed E-state index contributed by atoms with van der Waals surface area (Å²) < 4.78 is 27.0. The van der Waals surface area contributed by atoms with E-state index in [4.69, 9.17) is 16.9 Å². The van der Waals surface area contributed by atoms with Crippen LogP contribution in [0.5, 0.6) is 0 Å². The van der Waals surface area contributed by atoms with E-state index in [1.165, 1.54) is 12.1 Å². The van der Waals surface area contributed by atoms with Crippen molar-refractivity contribution in [3.8, 4) is 6.07 Å². The summed E-state index contributed by atoms with van der Waals surface area (Å²) in [7, 11) is -4.19. The van der Waals surface area contributed by atoms with Crippen molar-refractivity contribution in [3.63, 3.8) is 0 Å².